The van der Waals surface area contributed by atoms with E-state index in [0.717, 1.165) is 18.2 Å². The average Bonchev–Trinajstić information content (AvgIpc) is 2.35. The number of hydrogen-bond donors (Lipinski definition) is 3. The first kappa shape index (κ1) is 15.5. The lowest BCUT2D eigenvalue weighted by Gasteiger charge is -2.10. The van der Waals surface area contributed by atoms with Gasteiger partial charge < -0.3 is 10.2 Å². The van der Waals surface area contributed by atoms with Gasteiger partial charge in [-0.3, -0.25) is 0 Å². The van der Waals surface area contributed by atoms with Crippen molar-refractivity contribution >= 4 is 16.0 Å². The van der Waals surface area contributed by atoms with Crippen molar-refractivity contribution in [3.8, 4) is 0 Å². The number of aromatic carboxylic acids is 1. The van der Waals surface area contributed by atoms with Crippen LogP contribution in [0.4, 0.5) is 4.39 Å². The smallest absolute Gasteiger partial charge is 0.338 e. The Balaban J connectivity index is 3.02. The molecule has 1 aromatic rings. The average molecular weight is 291 g/mol. The molecule has 0 aliphatic heterocycles. The zero-order valence-electron chi connectivity index (χ0n) is 10.1. The van der Waals surface area contributed by atoms with E-state index < -0.39 is 33.5 Å². The summed E-state index contributed by atoms with van der Waals surface area (Å²) in [6.07, 6.45) is -0.471. The lowest BCUT2D eigenvalue weighted by atomic mass is 10.2. The second-order valence-corrected chi connectivity index (χ2v) is 5.63. The summed E-state index contributed by atoms with van der Waals surface area (Å²) in [5, 5.41) is 18.0. The zero-order valence-corrected chi connectivity index (χ0v) is 10.9. The Morgan fingerprint density at radius 1 is 1.47 bits per heavy atom. The molecular formula is C11H14FNO5S. The summed E-state index contributed by atoms with van der Waals surface area (Å²) < 4.78 is 38.9. The Hall–Kier alpha value is -1.51. The third-order valence-electron chi connectivity index (χ3n) is 2.46. The van der Waals surface area contributed by atoms with Gasteiger partial charge in [-0.05, 0) is 24.6 Å². The lowest BCUT2D eigenvalue weighted by Crippen LogP contribution is -2.31. The maximum absolute atomic E-state index is 13.1. The molecule has 1 atom stereocenters. The summed E-state index contributed by atoms with van der Waals surface area (Å²) in [7, 11) is -3.98. The van der Waals surface area contributed by atoms with E-state index in [4.69, 9.17) is 5.11 Å². The van der Waals surface area contributed by atoms with Crippen LogP contribution in [0.2, 0.25) is 0 Å². The molecule has 0 heterocycles. The van der Waals surface area contributed by atoms with Crippen LogP contribution in [-0.4, -0.2) is 37.2 Å². The summed E-state index contributed by atoms with van der Waals surface area (Å²) in [5.41, 5.74) is -0.723. The van der Waals surface area contributed by atoms with Crippen molar-refractivity contribution in [2.24, 2.45) is 0 Å². The fourth-order valence-electron chi connectivity index (χ4n) is 1.27. The van der Waals surface area contributed by atoms with Gasteiger partial charge in [0.2, 0.25) is 10.0 Å². The number of hydrogen-bond acceptors (Lipinski definition) is 4. The van der Waals surface area contributed by atoms with Crippen LogP contribution in [-0.2, 0) is 10.0 Å². The van der Waals surface area contributed by atoms with Crippen LogP contribution < -0.4 is 4.72 Å². The van der Waals surface area contributed by atoms with Crippen molar-refractivity contribution in [3.05, 3.63) is 29.6 Å². The first-order valence-corrected chi connectivity index (χ1v) is 6.96. The highest BCUT2D eigenvalue weighted by molar-refractivity contribution is 7.89. The molecule has 8 heteroatoms. The highest BCUT2D eigenvalue weighted by atomic mass is 32.2. The maximum Gasteiger partial charge on any atom is 0.338 e. The highest BCUT2D eigenvalue weighted by Gasteiger charge is 2.19. The fourth-order valence-corrected chi connectivity index (χ4v) is 2.37. The zero-order chi connectivity index (χ0) is 14.6. The summed E-state index contributed by atoms with van der Waals surface area (Å²) >= 11 is 0. The Labute approximate surface area is 109 Å². The van der Waals surface area contributed by atoms with Crippen molar-refractivity contribution in [1.29, 1.82) is 0 Å². The highest BCUT2D eigenvalue weighted by Crippen LogP contribution is 2.15. The van der Waals surface area contributed by atoms with Crippen LogP contribution in [0.1, 0.15) is 23.7 Å². The Kier molecular flexibility index (Phi) is 4.98. The van der Waals surface area contributed by atoms with Gasteiger partial charge >= 0.3 is 5.97 Å². The molecular weight excluding hydrogens is 277 g/mol. The fraction of sp³-hybridized carbons (Fsp3) is 0.364. The largest absolute Gasteiger partial charge is 0.478 e. The Morgan fingerprint density at radius 3 is 2.63 bits per heavy atom. The molecule has 6 nitrogen and oxygen atoms in total. The van der Waals surface area contributed by atoms with Crippen molar-refractivity contribution in [3.63, 3.8) is 0 Å². The quantitative estimate of drug-likeness (QED) is 0.711. The third-order valence-corrected chi connectivity index (χ3v) is 3.88. The molecule has 0 aliphatic carbocycles. The molecule has 106 valence electrons. The van der Waals surface area contributed by atoms with Gasteiger partial charge in [0.25, 0.3) is 0 Å². The third kappa shape index (κ3) is 3.98. The molecule has 0 amide bonds. The number of benzene rings is 1. The molecule has 19 heavy (non-hydrogen) atoms. The van der Waals surface area contributed by atoms with Gasteiger partial charge in [0.15, 0.2) is 0 Å². The number of aliphatic hydroxyl groups is 1. The molecule has 0 spiro atoms. The van der Waals surface area contributed by atoms with Crippen LogP contribution in [0.15, 0.2) is 23.1 Å². The van der Waals surface area contributed by atoms with Crippen LogP contribution >= 0.6 is 0 Å². The molecule has 1 unspecified atom stereocenters. The molecule has 1 rings (SSSR count). The lowest BCUT2D eigenvalue weighted by molar-refractivity contribution is 0.0691. The van der Waals surface area contributed by atoms with E-state index in [2.05, 4.69) is 4.72 Å². The summed E-state index contributed by atoms with van der Waals surface area (Å²) in [5.74, 6) is -2.57. The van der Waals surface area contributed by atoms with Crippen molar-refractivity contribution in [2.45, 2.75) is 24.3 Å². The number of carbonyl (C=O) groups is 1. The van der Waals surface area contributed by atoms with Crippen molar-refractivity contribution < 1.29 is 27.8 Å². The predicted molar refractivity (Wildman–Crippen MR) is 64.8 cm³/mol. The topological polar surface area (TPSA) is 104 Å². The molecule has 0 bridgehead atoms. The van der Waals surface area contributed by atoms with E-state index in [-0.39, 0.29) is 11.4 Å². The molecule has 0 radical (unpaired) electrons. The van der Waals surface area contributed by atoms with Crippen LogP contribution in [0.25, 0.3) is 0 Å². The maximum atomic E-state index is 13.1. The van der Waals surface area contributed by atoms with E-state index in [0.29, 0.717) is 6.42 Å². The molecule has 3 N–H and O–H groups in total. The van der Waals surface area contributed by atoms with Crippen LogP contribution in [0.5, 0.6) is 0 Å². The van der Waals surface area contributed by atoms with E-state index in [9.17, 15) is 22.7 Å². The van der Waals surface area contributed by atoms with Gasteiger partial charge in [0, 0.05) is 6.54 Å². The molecule has 0 saturated heterocycles. The molecule has 0 fully saturated rings. The number of carboxylic acids is 1. The van der Waals surface area contributed by atoms with E-state index >= 15 is 0 Å². The number of nitrogens with one attached hydrogen (secondary N) is 1. The second-order valence-electron chi connectivity index (χ2n) is 3.86. The van der Waals surface area contributed by atoms with Gasteiger partial charge in [-0.2, -0.15) is 0 Å². The normalized spacial score (nSPS) is 13.2. The molecule has 0 saturated carbocycles. The van der Waals surface area contributed by atoms with E-state index in [1.54, 1.807) is 6.92 Å². The Morgan fingerprint density at radius 2 is 2.11 bits per heavy atom. The summed E-state index contributed by atoms with van der Waals surface area (Å²) in [4.78, 5) is 10.4. The van der Waals surface area contributed by atoms with Crippen molar-refractivity contribution in [1.82, 2.24) is 4.72 Å². The minimum absolute atomic E-state index is 0.196. The van der Waals surface area contributed by atoms with Gasteiger partial charge in [0.1, 0.15) is 5.82 Å². The summed E-state index contributed by atoms with van der Waals surface area (Å²) in [6, 6.07) is 2.47. The minimum atomic E-state index is -3.98. The standard InChI is InChI=1S/C11H14FNO5S/c1-2-7(14)6-13-19(17,18)8-3-4-10(12)9(5-8)11(15)16/h3-5,7,13-14H,2,6H2,1H3,(H,15,16). The van der Waals surface area contributed by atoms with Crippen LogP contribution in [0.3, 0.4) is 0 Å². The van der Waals surface area contributed by atoms with E-state index in [1.807, 2.05) is 0 Å². The molecule has 0 aromatic heterocycles. The van der Waals surface area contributed by atoms with Gasteiger partial charge in [-0.1, -0.05) is 6.92 Å². The first-order valence-electron chi connectivity index (χ1n) is 5.48. The number of sulfonamides is 1. The monoisotopic (exact) mass is 291 g/mol. The molecule has 0 aliphatic rings. The van der Waals surface area contributed by atoms with E-state index in [1.165, 1.54) is 0 Å². The SMILES string of the molecule is CCC(O)CNS(=O)(=O)c1ccc(F)c(C(=O)O)c1. The van der Waals surface area contributed by atoms with Gasteiger partial charge in [-0.15, -0.1) is 0 Å². The number of carboxylic acid groups (broad SMARTS) is 1. The summed E-state index contributed by atoms with van der Waals surface area (Å²) in [6.45, 7) is 1.48. The number of aliphatic hydroxyl groups excluding tert-OH is 1. The van der Waals surface area contributed by atoms with Gasteiger partial charge in [0.05, 0.1) is 16.6 Å². The van der Waals surface area contributed by atoms with Crippen LogP contribution in [0, 0.1) is 5.82 Å². The number of rotatable bonds is 6. The minimum Gasteiger partial charge on any atom is -0.478 e. The first-order chi connectivity index (χ1) is 8.77. The van der Waals surface area contributed by atoms with Crippen molar-refractivity contribution in [2.75, 3.05) is 6.54 Å². The predicted octanol–water partition coefficient (Wildman–Crippen LogP) is 0.573. The molecule has 1 aromatic carbocycles. The Bertz CT molecular complexity index is 572. The number of halogens is 1. The van der Waals surface area contributed by atoms with Gasteiger partial charge in [-0.25, -0.2) is 22.3 Å². The second kappa shape index (κ2) is 6.09.